The molecule has 0 aliphatic carbocycles. The molecule has 0 saturated heterocycles. The fourth-order valence-corrected chi connectivity index (χ4v) is 1.92. The molecule has 0 radical (unpaired) electrons. The number of rotatable bonds is 3. The van der Waals surface area contributed by atoms with Crippen LogP contribution in [0.5, 0.6) is 5.88 Å². The van der Waals surface area contributed by atoms with Gasteiger partial charge in [0.15, 0.2) is 0 Å². The molecular weight excluding hydrogens is 271 g/mol. The van der Waals surface area contributed by atoms with Gasteiger partial charge in [0.25, 0.3) is 0 Å². The summed E-state index contributed by atoms with van der Waals surface area (Å²) >= 11 is 0. The first kappa shape index (κ1) is 14.3. The van der Waals surface area contributed by atoms with Gasteiger partial charge in [-0.2, -0.15) is 13.2 Å². The molecule has 0 unspecified atom stereocenters. The molecule has 3 nitrogen and oxygen atoms in total. The van der Waals surface area contributed by atoms with E-state index >= 15 is 0 Å². The molecule has 6 heteroatoms. The van der Waals surface area contributed by atoms with Gasteiger partial charge in [0.05, 0.1) is 19.3 Å². The smallest absolute Gasteiger partial charge is 0.416 e. The van der Waals surface area contributed by atoms with Gasteiger partial charge in [0.2, 0.25) is 5.88 Å². The van der Waals surface area contributed by atoms with E-state index in [1.165, 1.54) is 25.4 Å². The first-order valence-corrected chi connectivity index (χ1v) is 5.77. The quantitative estimate of drug-likeness (QED) is 0.940. The first-order chi connectivity index (χ1) is 9.47. The number of pyridine rings is 1. The normalized spacial score (nSPS) is 11.4. The molecule has 0 amide bonds. The van der Waals surface area contributed by atoms with Crippen LogP contribution < -0.4 is 4.74 Å². The van der Waals surface area contributed by atoms with E-state index in [-0.39, 0.29) is 11.4 Å². The van der Waals surface area contributed by atoms with Crippen molar-refractivity contribution in [2.24, 2.45) is 0 Å². The summed E-state index contributed by atoms with van der Waals surface area (Å²) < 4.78 is 43.9. The van der Waals surface area contributed by atoms with Gasteiger partial charge >= 0.3 is 6.18 Å². The Labute approximate surface area is 113 Å². The van der Waals surface area contributed by atoms with Crippen LogP contribution in [0.15, 0.2) is 36.5 Å². The molecule has 0 aliphatic rings. The highest BCUT2D eigenvalue weighted by atomic mass is 19.4. The molecule has 106 valence electrons. The second-order valence-corrected chi connectivity index (χ2v) is 4.09. The second-order valence-electron chi connectivity index (χ2n) is 4.09. The van der Waals surface area contributed by atoms with E-state index in [0.29, 0.717) is 11.1 Å². The zero-order chi connectivity index (χ0) is 14.8. The van der Waals surface area contributed by atoms with Crippen LogP contribution in [-0.4, -0.2) is 17.2 Å². The van der Waals surface area contributed by atoms with E-state index in [0.717, 1.165) is 6.07 Å². The number of aliphatic hydroxyl groups is 1. The second kappa shape index (κ2) is 5.50. The fraction of sp³-hybridized carbons (Fsp3) is 0.214. The number of benzene rings is 1. The monoisotopic (exact) mass is 283 g/mol. The van der Waals surface area contributed by atoms with Gasteiger partial charge in [-0.3, -0.25) is 0 Å². The average molecular weight is 283 g/mol. The predicted molar refractivity (Wildman–Crippen MR) is 67.1 cm³/mol. The molecule has 0 spiro atoms. The summed E-state index contributed by atoms with van der Waals surface area (Å²) in [5, 5.41) is 9.01. The number of alkyl halides is 3. The minimum atomic E-state index is -4.52. The lowest BCUT2D eigenvalue weighted by Crippen LogP contribution is -2.09. The van der Waals surface area contributed by atoms with Crippen molar-refractivity contribution >= 4 is 0 Å². The third-order valence-corrected chi connectivity index (χ3v) is 2.86. The third kappa shape index (κ3) is 2.75. The van der Waals surface area contributed by atoms with Crippen LogP contribution in [0.3, 0.4) is 0 Å². The molecule has 0 atom stereocenters. The minimum absolute atomic E-state index is 0.163. The molecule has 1 N–H and O–H groups in total. The molecule has 20 heavy (non-hydrogen) atoms. The Morgan fingerprint density at radius 3 is 2.60 bits per heavy atom. The van der Waals surface area contributed by atoms with Gasteiger partial charge in [-0.1, -0.05) is 12.1 Å². The van der Waals surface area contributed by atoms with Gasteiger partial charge in [0, 0.05) is 11.8 Å². The summed E-state index contributed by atoms with van der Waals surface area (Å²) in [6, 6.07) is 6.99. The Bertz CT molecular complexity index is 612. The Balaban J connectivity index is 2.59. The molecule has 1 aromatic carbocycles. The topological polar surface area (TPSA) is 42.4 Å². The lowest BCUT2D eigenvalue weighted by molar-refractivity contribution is -0.138. The summed E-state index contributed by atoms with van der Waals surface area (Å²) in [7, 11) is 1.40. The van der Waals surface area contributed by atoms with Gasteiger partial charge in [-0.25, -0.2) is 4.98 Å². The number of hydrogen-bond donors (Lipinski definition) is 1. The lowest BCUT2D eigenvalue weighted by Gasteiger charge is -2.14. The first-order valence-electron chi connectivity index (χ1n) is 5.77. The lowest BCUT2D eigenvalue weighted by atomic mass is 9.99. The van der Waals surface area contributed by atoms with E-state index < -0.39 is 18.3 Å². The molecule has 1 heterocycles. The highest BCUT2D eigenvalue weighted by Crippen LogP contribution is 2.36. The van der Waals surface area contributed by atoms with Gasteiger partial charge < -0.3 is 9.84 Å². The van der Waals surface area contributed by atoms with Crippen LogP contribution in [0.2, 0.25) is 0 Å². The minimum Gasteiger partial charge on any atom is -0.481 e. The number of methoxy groups -OCH3 is 1. The molecule has 2 aromatic rings. The molecule has 2 rings (SSSR count). The fourth-order valence-electron chi connectivity index (χ4n) is 1.92. The molecule has 0 bridgehead atoms. The number of aromatic nitrogens is 1. The molecular formula is C14H12F3NO2. The van der Waals surface area contributed by atoms with E-state index in [1.54, 1.807) is 12.1 Å². The highest BCUT2D eigenvalue weighted by Gasteiger charge is 2.33. The molecule has 0 aliphatic heterocycles. The number of halogens is 3. The van der Waals surface area contributed by atoms with E-state index in [4.69, 9.17) is 9.84 Å². The van der Waals surface area contributed by atoms with E-state index in [9.17, 15) is 13.2 Å². The summed E-state index contributed by atoms with van der Waals surface area (Å²) in [4.78, 5) is 3.96. The van der Waals surface area contributed by atoms with Crippen molar-refractivity contribution in [1.82, 2.24) is 4.98 Å². The van der Waals surface area contributed by atoms with Crippen LogP contribution in [0, 0.1) is 0 Å². The largest absolute Gasteiger partial charge is 0.481 e. The van der Waals surface area contributed by atoms with Gasteiger partial charge in [-0.05, 0) is 29.3 Å². The summed E-state index contributed by atoms with van der Waals surface area (Å²) in [5.41, 5.74) is -0.225. The van der Waals surface area contributed by atoms with Crippen molar-refractivity contribution in [2.75, 3.05) is 7.11 Å². The predicted octanol–water partition coefficient (Wildman–Crippen LogP) is 3.27. The van der Waals surface area contributed by atoms with E-state index in [2.05, 4.69) is 4.98 Å². The van der Waals surface area contributed by atoms with Crippen LogP contribution in [0.25, 0.3) is 11.1 Å². The number of aliphatic hydroxyl groups excluding tert-OH is 1. The van der Waals surface area contributed by atoms with Gasteiger partial charge in [-0.15, -0.1) is 0 Å². The Morgan fingerprint density at radius 2 is 2.00 bits per heavy atom. The Morgan fingerprint density at radius 1 is 1.25 bits per heavy atom. The number of ether oxygens (including phenoxy) is 1. The SMILES string of the molecule is COc1ncccc1-c1ccc(CO)c(C(F)(F)F)c1. The number of nitrogens with zero attached hydrogens (tertiary/aromatic N) is 1. The number of hydrogen-bond acceptors (Lipinski definition) is 3. The maximum atomic E-state index is 13.0. The van der Waals surface area contributed by atoms with Crippen molar-refractivity contribution in [3.05, 3.63) is 47.7 Å². The van der Waals surface area contributed by atoms with Crippen LogP contribution >= 0.6 is 0 Å². The summed E-state index contributed by atoms with van der Waals surface area (Å²) in [5.74, 6) is 0.248. The van der Waals surface area contributed by atoms with Crippen molar-refractivity contribution in [2.45, 2.75) is 12.8 Å². The van der Waals surface area contributed by atoms with Gasteiger partial charge in [0.1, 0.15) is 0 Å². The van der Waals surface area contributed by atoms with Crippen molar-refractivity contribution in [1.29, 1.82) is 0 Å². The van der Waals surface area contributed by atoms with Crippen LogP contribution in [-0.2, 0) is 12.8 Å². The van der Waals surface area contributed by atoms with Crippen molar-refractivity contribution < 1.29 is 23.0 Å². The molecule has 0 fully saturated rings. The zero-order valence-corrected chi connectivity index (χ0v) is 10.6. The molecule has 0 saturated carbocycles. The maximum absolute atomic E-state index is 13.0. The summed E-state index contributed by atoms with van der Waals surface area (Å²) in [6.07, 6.45) is -3.03. The van der Waals surface area contributed by atoms with Crippen molar-refractivity contribution in [3.8, 4) is 17.0 Å². The standard InChI is InChI=1S/C14H12F3NO2/c1-20-13-11(3-2-6-18-13)9-4-5-10(8-19)12(7-9)14(15,16)17/h2-7,19H,8H2,1H3. The van der Waals surface area contributed by atoms with Crippen LogP contribution in [0.4, 0.5) is 13.2 Å². The zero-order valence-electron chi connectivity index (χ0n) is 10.6. The Hall–Kier alpha value is -2.08. The van der Waals surface area contributed by atoms with Crippen LogP contribution in [0.1, 0.15) is 11.1 Å². The third-order valence-electron chi connectivity index (χ3n) is 2.86. The maximum Gasteiger partial charge on any atom is 0.416 e. The summed E-state index contributed by atoms with van der Waals surface area (Å²) in [6.45, 7) is -0.667. The average Bonchev–Trinajstić information content (AvgIpc) is 2.45. The Kier molecular flexibility index (Phi) is 3.94. The van der Waals surface area contributed by atoms with Crippen molar-refractivity contribution in [3.63, 3.8) is 0 Å². The molecule has 1 aromatic heterocycles. The van der Waals surface area contributed by atoms with E-state index in [1.807, 2.05) is 0 Å². The highest BCUT2D eigenvalue weighted by molar-refractivity contribution is 5.69.